The third-order valence-corrected chi connectivity index (χ3v) is 8.82. The minimum atomic E-state index is -0.127. The number of fused-ring (bicyclic) bond motifs is 7. The highest BCUT2D eigenvalue weighted by atomic mass is 16.6. The van der Waals surface area contributed by atoms with E-state index >= 15 is 0 Å². The lowest BCUT2D eigenvalue weighted by Crippen LogP contribution is -2.53. The Morgan fingerprint density at radius 3 is 2.80 bits per heavy atom. The normalized spacial score (nSPS) is 53.5. The molecular formula is C22H32O3. The summed E-state index contributed by atoms with van der Waals surface area (Å²) in [6.07, 6.45) is 13.6. The Morgan fingerprint density at radius 1 is 1.16 bits per heavy atom. The van der Waals surface area contributed by atoms with Gasteiger partial charge in [0.05, 0.1) is 12.2 Å². The number of epoxide rings is 1. The van der Waals surface area contributed by atoms with Gasteiger partial charge >= 0.3 is 5.97 Å². The van der Waals surface area contributed by atoms with E-state index in [2.05, 4.69) is 19.9 Å². The summed E-state index contributed by atoms with van der Waals surface area (Å²) >= 11 is 0. The summed E-state index contributed by atoms with van der Waals surface area (Å²) in [5.41, 5.74) is 2.36. The number of hydrogen-bond acceptors (Lipinski definition) is 3. The van der Waals surface area contributed by atoms with E-state index < -0.39 is 0 Å². The van der Waals surface area contributed by atoms with Crippen molar-refractivity contribution in [2.45, 2.75) is 90.4 Å². The van der Waals surface area contributed by atoms with Crippen LogP contribution in [0.5, 0.6) is 0 Å². The summed E-state index contributed by atoms with van der Waals surface area (Å²) in [7, 11) is 0. The van der Waals surface area contributed by atoms with Gasteiger partial charge in [-0.25, -0.2) is 0 Å². The molecule has 0 aromatic carbocycles. The zero-order chi connectivity index (χ0) is 17.4. The number of hydrogen-bond donors (Lipinski definition) is 0. The maximum atomic E-state index is 11.4. The van der Waals surface area contributed by atoms with Gasteiger partial charge in [0.25, 0.3) is 0 Å². The van der Waals surface area contributed by atoms with E-state index in [1.165, 1.54) is 45.4 Å². The molecule has 0 bridgehead atoms. The molecule has 1 saturated heterocycles. The van der Waals surface area contributed by atoms with Crippen LogP contribution in [0, 0.1) is 28.6 Å². The first kappa shape index (κ1) is 16.4. The molecule has 0 amide bonds. The van der Waals surface area contributed by atoms with Gasteiger partial charge in [0.15, 0.2) is 0 Å². The maximum Gasteiger partial charge on any atom is 0.302 e. The Balaban J connectivity index is 1.41. The van der Waals surface area contributed by atoms with Crippen molar-refractivity contribution in [3.8, 4) is 0 Å². The predicted octanol–water partition coefficient (Wildman–Crippen LogP) is 4.65. The third-order valence-electron chi connectivity index (χ3n) is 8.82. The second-order valence-electron chi connectivity index (χ2n) is 9.95. The van der Waals surface area contributed by atoms with Crippen molar-refractivity contribution in [1.82, 2.24) is 0 Å². The molecular weight excluding hydrogens is 312 g/mol. The molecule has 8 atom stereocenters. The van der Waals surface area contributed by atoms with Crippen LogP contribution in [0.4, 0.5) is 0 Å². The molecule has 5 unspecified atom stereocenters. The van der Waals surface area contributed by atoms with Gasteiger partial charge in [0.1, 0.15) is 6.10 Å². The summed E-state index contributed by atoms with van der Waals surface area (Å²) in [4.78, 5) is 11.4. The Kier molecular flexibility index (Phi) is 3.49. The molecule has 3 nitrogen and oxygen atoms in total. The molecule has 1 aliphatic heterocycles. The fourth-order valence-corrected chi connectivity index (χ4v) is 7.49. The first-order valence-corrected chi connectivity index (χ1v) is 10.4. The van der Waals surface area contributed by atoms with Crippen LogP contribution in [0.3, 0.4) is 0 Å². The molecule has 0 radical (unpaired) electrons. The fourth-order valence-electron chi connectivity index (χ4n) is 7.49. The first-order chi connectivity index (χ1) is 11.9. The molecule has 4 fully saturated rings. The van der Waals surface area contributed by atoms with Crippen LogP contribution >= 0.6 is 0 Å². The largest absolute Gasteiger partial charge is 0.462 e. The average molecular weight is 344 g/mol. The lowest BCUT2D eigenvalue weighted by atomic mass is 9.45. The molecule has 1 heterocycles. The molecule has 5 aliphatic rings. The van der Waals surface area contributed by atoms with E-state index in [1.54, 1.807) is 5.57 Å². The molecule has 3 saturated carbocycles. The van der Waals surface area contributed by atoms with E-state index in [0.29, 0.717) is 23.0 Å². The van der Waals surface area contributed by atoms with Crippen LogP contribution < -0.4 is 0 Å². The van der Waals surface area contributed by atoms with Crippen molar-refractivity contribution in [3.05, 3.63) is 11.6 Å². The molecule has 3 heteroatoms. The molecule has 0 spiro atoms. The van der Waals surface area contributed by atoms with Crippen molar-refractivity contribution in [2.75, 3.05) is 0 Å². The van der Waals surface area contributed by atoms with Crippen LogP contribution in [0.25, 0.3) is 0 Å². The van der Waals surface area contributed by atoms with Gasteiger partial charge in [-0.2, -0.15) is 0 Å². The van der Waals surface area contributed by atoms with Gasteiger partial charge < -0.3 is 9.47 Å². The van der Waals surface area contributed by atoms with Crippen LogP contribution in [-0.4, -0.2) is 24.3 Å². The summed E-state index contributed by atoms with van der Waals surface area (Å²) in [5.74, 6) is 2.37. The minimum Gasteiger partial charge on any atom is -0.462 e. The average Bonchev–Trinajstić information content (AvgIpc) is 3.35. The molecule has 0 N–H and O–H groups in total. The molecule has 5 rings (SSSR count). The summed E-state index contributed by atoms with van der Waals surface area (Å²) < 4.78 is 11.6. The van der Waals surface area contributed by atoms with Crippen molar-refractivity contribution < 1.29 is 14.3 Å². The summed E-state index contributed by atoms with van der Waals surface area (Å²) in [5, 5.41) is 0. The zero-order valence-corrected chi connectivity index (χ0v) is 15.9. The van der Waals surface area contributed by atoms with E-state index in [0.717, 1.165) is 30.6 Å². The molecule has 4 aliphatic carbocycles. The first-order valence-electron chi connectivity index (χ1n) is 10.4. The van der Waals surface area contributed by atoms with Gasteiger partial charge in [-0.15, -0.1) is 0 Å². The van der Waals surface area contributed by atoms with E-state index in [4.69, 9.17) is 9.47 Å². The number of esters is 1. The van der Waals surface area contributed by atoms with Gasteiger partial charge in [-0.1, -0.05) is 25.5 Å². The summed E-state index contributed by atoms with van der Waals surface area (Å²) in [6.45, 7) is 6.58. The van der Waals surface area contributed by atoms with Gasteiger partial charge in [-0.3, -0.25) is 4.79 Å². The van der Waals surface area contributed by atoms with Crippen molar-refractivity contribution in [1.29, 1.82) is 0 Å². The van der Waals surface area contributed by atoms with E-state index in [1.807, 2.05) is 0 Å². The lowest BCUT2D eigenvalue weighted by molar-refractivity contribution is -0.148. The second kappa shape index (κ2) is 5.34. The van der Waals surface area contributed by atoms with Crippen molar-refractivity contribution >= 4 is 5.97 Å². The highest BCUT2D eigenvalue weighted by molar-refractivity contribution is 5.66. The number of allylic oxidation sites excluding steroid dienone is 1. The molecule has 138 valence electrons. The van der Waals surface area contributed by atoms with E-state index in [9.17, 15) is 4.79 Å². The summed E-state index contributed by atoms with van der Waals surface area (Å²) in [6, 6.07) is 0. The molecule has 0 aromatic rings. The Hall–Kier alpha value is -0.830. The number of carbonyl (C=O) groups excluding carboxylic acids is 1. The van der Waals surface area contributed by atoms with E-state index in [-0.39, 0.29) is 12.1 Å². The molecule has 0 aromatic heterocycles. The third kappa shape index (κ3) is 2.30. The van der Waals surface area contributed by atoms with Crippen molar-refractivity contribution in [3.63, 3.8) is 0 Å². The minimum absolute atomic E-state index is 0.109. The SMILES string of the molecule is CC(=O)O[C@H]1CC[C@@]2(C)C(=CCC3C4CCC5OC5[C@@]4(C)CCC32)C1. The highest BCUT2D eigenvalue weighted by Crippen LogP contribution is 2.66. The standard InChI is InChI=1S/C22H32O3/c1-13(23)24-15-8-10-21(2)14(12-15)4-5-16-17-6-7-19-20(25-19)22(17,3)11-9-18(16)21/h4,15-20H,5-12H2,1-3H3/t15-,16?,17?,18?,19?,20?,21-,22-/m0/s1. The van der Waals surface area contributed by atoms with Crippen LogP contribution in [0.15, 0.2) is 11.6 Å². The number of rotatable bonds is 1. The van der Waals surface area contributed by atoms with Crippen LogP contribution in [0.2, 0.25) is 0 Å². The smallest absolute Gasteiger partial charge is 0.302 e. The van der Waals surface area contributed by atoms with Gasteiger partial charge in [-0.05, 0) is 73.5 Å². The quantitative estimate of drug-likeness (QED) is 0.395. The predicted molar refractivity (Wildman–Crippen MR) is 95.9 cm³/mol. The van der Waals surface area contributed by atoms with Crippen molar-refractivity contribution in [2.24, 2.45) is 28.6 Å². The number of carbonyl (C=O) groups is 1. The highest BCUT2D eigenvalue weighted by Gasteiger charge is 2.64. The van der Waals surface area contributed by atoms with Gasteiger partial charge in [0, 0.05) is 13.3 Å². The van der Waals surface area contributed by atoms with Gasteiger partial charge in [0.2, 0.25) is 0 Å². The topological polar surface area (TPSA) is 38.8 Å². The second-order valence-corrected chi connectivity index (χ2v) is 9.95. The maximum absolute atomic E-state index is 11.4. The lowest BCUT2D eigenvalue weighted by Gasteiger charge is -2.59. The Morgan fingerprint density at radius 2 is 2.00 bits per heavy atom. The monoisotopic (exact) mass is 344 g/mol. The molecule has 25 heavy (non-hydrogen) atoms. The van der Waals surface area contributed by atoms with Crippen LogP contribution in [0.1, 0.15) is 72.1 Å². The number of ether oxygens (including phenoxy) is 2. The Bertz CT molecular complexity index is 625. The van der Waals surface area contributed by atoms with Crippen LogP contribution in [-0.2, 0) is 14.3 Å². The zero-order valence-electron chi connectivity index (χ0n) is 15.9. The fraction of sp³-hybridized carbons (Fsp3) is 0.864. The Labute approximate surface area is 151 Å².